The van der Waals surface area contributed by atoms with Gasteiger partial charge in [-0.15, -0.1) is 0 Å². The monoisotopic (exact) mass is 543 g/mol. The number of ketones is 1. The summed E-state index contributed by atoms with van der Waals surface area (Å²) in [6, 6.07) is 24.9. The van der Waals surface area contributed by atoms with Crippen molar-refractivity contribution in [3.8, 4) is 17.2 Å². The maximum atomic E-state index is 14.2. The van der Waals surface area contributed by atoms with E-state index in [9.17, 15) is 19.1 Å². The van der Waals surface area contributed by atoms with Gasteiger partial charge in [-0.05, 0) is 73.2 Å². The predicted molar refractivity (Wildman–Crippen MR) is 147 cm³/mol. The molecule has 1 heterocycles. The first-order valence-electron chi connectivity index (χ1n) is 12.2. The zero-order valence-electron chi connectivity index (χ0n) is 20.8. The number of aliphatic hydroxyl groups excluding tert-OH is 1. The van der Waals surface area contributed by atoms with Crippen molar-refractivity contribution in [3.63, 3.8) is 0 Å². The van der Waals surface area contributed by atoms with Crippen LogP contribution >= 0.6 is 11.6 Å². The van der Waals surface area contributed by atoms with Crippen molar-refractivity contribution in [2.75, 3.05) is 11.5 Å². The summed E-state index contributed by atoms with van der Waals surface area (Å²) in [5.74, 6) is -1.45. The summed E-state index contributed by atoms with van der Waals surface area (Å²) in [5, 5.41) is 11.6. The number of nitrogens with zero attached hydrogens (tertiary/aromatic N) is 1. The summed E-state index contributed by atoms with van der Waals surface area (Å²) in [4.78, 5) is 28.0. The van der Waals surface area contributed by atoms with E-state index in [0.29, 0.717) is 29.4 Å². The van der Waals surface area contributed by atoms with E-state index in [1.54, 1.807) is 42.5 Å². The third-order valence-corrected chi connectivity index (χ3v) is 6.52. The van der Waals surface area contributed by atoms with E-state index < -0.39 is 29.3 Å². The van der Waals surface area contributed by atoms with Crippen LogP contribution in [0.25, 0.3) is 5.76 Å². The summed E-state index contributed by atoms with van der Waals surface area (Å²) in [6.07, 6.45) is 0. The Labute approximate surface area is 229 Å². The highest BCUT2D eigenvalue weighted by atomic mass is 35.5. The molecule has 5 rings (SSSR count). The second-order valence-corrected chi connectivity index (χ2v) is 9.12. The molecule has 1 atom stereocenters. The van der Waals surface area contributed by atoms with Gasteiger partial charge in [-0.3, -0.25) is 14.5 Å². The van der Waals surface area contributed by atoms with E-state index in [0.717, 1.165) is 6.07 Å². The van der Waals surface area contributed by atoms with Crippen LogP contribution in [0.5, 0.6) is 17.2 Å². The van der Waals surface area contributed by atoms with Gasteiger partial charge in [-0.25, -0.2) is 4.39 Å². The molecule has 1 N–H and O–H groups in total. The first-order chi connectivity index (χ1) is 18.9. The molecule has 0 saturated carbocycles. The van der Waals surface area contributed by atoms with Gasteiger partial charge in [0.2, 0.25) is 0 Å². The molecule has 196 valence electrons. The molecule has 0 spiro atoms. The predicted octanol–water partition coefficient (Wildman–Crippen LogP) is 7.30. The smallest absolute Gasteiger partial charge is 0.300 e. The lowest BCUT2D eigenvalue weighted by atomic mass is 9.94. The maximum Gasteiger partial charge on any atom is 0.300 e. The zero-order valence-corrected chi connectivity index (χ0v) is 21.6. The first-order valence-corrected chi connectivity index (χ1v) is 12.6. The van der Waals surface area contributed by atoms with Crippen molar-refractivity contribution in [2.45, 2.75) is 13.0 Å². The number of para-hydroxylation sites is 1. The van der Waals surface area contributed by atoms with E-state index in [1.807, 2.05) is 25.1 Å². The lowest BCUT2D eigenvalue weighted by molar-refractivity contribution is -0.132. The van der Waals surface area contributed by atoms with Crippen LogP contribution in [0.1, 0.15) is 24.1 Å². The van der Waals surface area contributed by atoms with Crippen LogP contribution in [0.3, 0.4) is 0 Å². The third-order valence-electron chi connectivity index (χ3n) is 6.19. The SMILES string of the molecule is CCOc1ccc(Cl)c(/C(O)=C2\C(=O)C(=O)N(c3cccc(F)c3)C2c2cccc(Oc3ccccc3)c2)c1. The highest BCUT2D eigenvalue weighted by Crippen LogP contribution is 2.44. The van der Waals surface area contributed by atoms with Crippen molar-refractivity contribution in [3.05, 3.63) is 125 Å². The van der Waals surface area contributed by atoms with Crippen LogP contribution < -0.4 is 14.4 Å². The third kappa shape index (κ3) is 5.22. The number of benzene rings is 4. The van der Waals surface area contributed by atoms with Gasteiger partial charge >= 0.3 is 0 Å². The number of halogens is 2. The topological polar surface area (TPSA) is 76.1 Å². The lowest BCUT2D eigenvalue weighted by Crippen LogP contribution is -2.29. The standard InChI is InChI=1S/C31H23ClFNO5/c1-2-38-23-14-15-26(32)25(18-23)29(35)27-28(34(31(37)30(27)36)21-10-7-9-20(33)17-21)19-8-6-13-24(16-19)39-22-11-4-3-5-12-22/h3-18,28,35H,2H2,1H3/b29-27+. The van der Waals surface area contributed by atoms with Crippen molar-refractivity contribution in [1.82, 2.24) is 0 Å². The Hall–Kier alpha value is -4.62. The second-order valence-electron chi connectivity index (χ2n) is 8.71. The maximum absolute atomic E-state index is 14.2. The molecule has 0 radical (unpaired) electrons. The van der Waals surface area contributed by atoms with Gasteiger partial charge in [0, 0.05) is 11.3 Å². The first kappa shape index (κ1) is 26.0. The van der Waals surface area contributed by atoms with Crippen molar-refractivity contribution in [1.29, 1.82) is 0 Å². The van der Waals surface area contributed by atoms with Crippen LogP contribution in [0.15, 0.2) is 103 Å². The molecule has 39 heavy (non-hydrogen) atoms. The van der Waals surface area contributed by atoms with Crippen LogP contribution in [-0.2, 0) is 9.59 Å². The molecule has 1 fully saturated rings. The van der Waals surface area contributed by atoms with Crippen LogP contribution in [-0.4, -0.2) is 23.4 Å². The van der Waals surface area contributed by atoms with Gasteiger partial charge < -0.3 is 14.6 Å². The number of hydrogen-bond donors (Lipinski definition) is 1. The fourth-order valence-corrected chi connectivity index (χ4v) is 4.71. The van der Waals surface area contributed by atoms with Gasteiger partial charge in [0.05, 0.1) is 23.2 Å². The molecule has 6 nitrogen and oxygen atoms in total. The number of amides is 1. The largest absolute Gasteiger partial charge is 0.507 e. The fourth-order valence-electron chi connectivity index (χ4n) is 4.50. The highest BCUT2D eigenvalue weighted by Gasteiger charge is 2.47. The minimum absolute atomic E-state index is 0.126. The Bertz CT molecular complexity index is 1590. The normalized spacial score (nSPS) is 16.4. The van der Waals surface area contributed by atoms with Gasteiger partial charge in [0.25, 0.3) is 11.7 Å². The Morgan fingerprint density at radius 3 is 2.38 bits per heavy atom. The molecular weight excluding hydrogens is 521 g/mol. The molecule has 1 unspecified atom stereocenters. The van der Waals surface area contributed by atoms with Crippen LogP contribution in [0.2, 0.25) is 5.02 Å². The number of ether oxygens (including phenoxy) is 2. The fraction of sp³-hybridized carbons (Fsp3) is 0.0968. The number of Topliss-reactive ketones (excluding diaryl/α,β-unsaturated/α-hetero) is 1. The summed E-state index contributed by atoms with van der Waals surface area (Å²) in [7, 11) is 0. The van der Waals surface area contributed by atoms with E-state index >= 15 is 0 Å². The summed E-state index contributed by atoms with van der Waals surface area (Å²) in [5.41, 5.74) is 0.549. The van der Waals surface area contributed by atoms with E-state index in [1.165, 1.54) is 35.2 Å². The van der Waals surface area contributed by atoms with E-state index in [2.05, 4.69) is 0 Å². The van der Waals surface area contributed by atoms with E-state index in [4.69, 9.17) is 21.1 Å². The van der Waals surface area contributed by atoms with E-state index in [-0.39, 0.29) is 21.8 Å². The average molecular weight is 544 g/mol. The molecule has 8 heteroatoms. The highest BCUT2D eigenvalue weighted by molar-refractivity contribution is 6.52. The number of anilines is 1. The Kier molecular flexibility index (Phi) is 7.34. The Morgan fingerprint density at radius 2 is 1.64 bits per heavy atom. The molecule has 4 aromatic carbocycles. The molecule has 0 aliphatic carbocycles. The van der Waals surface area contributed by atoms with Crippen molar-refractivity contribution in [2.24, 2.45) is 0 Å². The molecule has 4 aromatic rings. The molecule has 1 saturated heterocycles. The number of carbonyl (C=O) groups excluding carboxylic acids is 2. The van der Waals surface area contributed by atoms with Crippen LogP contribution in [0, 0.1) is 5.82 Å². The number of hydrogen-bond acceptors (Lipinski definition) is 5. The minimum Gasteiger partial charge on any atom is -0.507 e. The zero-order chi connectivity index (χ0) is 27.5. The Balaban J connectivity index is 1.69. The van der Waals surface area contributed by atoms with Crippen molar-refractivity contribution < 1.29 is 28.6 Å². The van der Waals surface area contributed by atoms with Crippen molar-refractivity contribution >= 4 is 34.7 Å². The number of rotatable bonds is 7. The summed E-state index contributed by atoms with van der Waals surface area (Å²) < 4.78 is 25.7. The molecule has 0 bridgehead atoms. The van der Waals surface area contributed by atoms with Crippen LogP contribution in [0.4, 0.5) is 10.1 Å². The Morgan fingerprint density at radius 1 is 0.897 bits per heavy atom. The second kappa shape index (κ2) is 11.0. The summed E-state index contributed by atoms with van der Waals surface area (Å²) in [6.45, 7) is 2.18. The number of carbonyl (C=O) groups is 2. The molecule has 0 aromatic heterocycles. The number of aliphatic hydroxyl groups is 1. The summed E-state index contributed by atoms with van der Waals surface area (Å²) >= 11 is 6.41. The molecular formula is C31H23ClFNO5. The van der Waals surface area contributed by atoms with Gasteiger partial charge in [0.15, 0.2) is 0 Å². The minimum atomic E-state index is -1.10. The lowest BCUT2D eigenvalue weighted by Gasteiger charge is -2.26. The quantitative estimate of drug-likeness (QED) is 0.150. The van der Waals surface area contributed by atoms with Gasteiger partial charge in [0.1, 0.15) is 28.8 Å². The molecule has 1 amide bonds. The van der Waals surface area contributed by atoms with Gasteiger partial charge in [-0.1, -0.05) is 48.0 Å². The molecule has 1 aliphatic rings. The average Bonchev–Trinajstić information content (AvgIpc) is 3.20. The van der Waals surface area contributed by atoms with Gasteiger partial charge in [-0.2, -0.15) is 0 Å². The molecule has 1 aliphatic heterocycles.